The zero-order valence-electron chi connectivity index (χ0n) is 10.7. The van der Waals surface area contributed by atoms with Crippen LogP contribution in [0.25, 0.3) is 0 Å². The van der Waals surface area contributed by atoms with E-state index in [-0.39, 0.29) is 17.3 Å². The van der Waals surface area contributed by atoms with Crippen LogP contribution in [0.3, 0.4) is 0 Å². The highest BCUT2D eigenvalue weighted by molar-refractivity contribution is 7.99. The number of aliphatic carboxylic acids is 1. The van der Waals surface area contributed by atoms with E-state index in [1.807, 2.05) is 25.6 Å². The third kappa shape index (κ3) is 2.92. The Labute approximate surface area is 102 Å². The average Bonchev–Trinajstić information content (AvgIpc) is 1.97. The van der Waals surface area contributed by atoms with Crippen molar-refractivity contribution in [3.63, 3.8) is 0 Å². The average molecular weight is 245 g/mol. The third-order valence-corrected chi connectivity index (χ3v) is 5.29. The van der Waals surface area contributed by atoms with Crippen molar-refractivity contribution < 1.29 is 9.90 Å². The minimum atomic E-state index is -0.739. The van der Waals surface area contributed by atoms with Gasteiger partial charge in [0.05, 0.1) is 6.42 Å². The molecule has 0 amide bonds. The van der Waals surface area contributed by atoms with E-state index in [4.69, 9.17) is 10.8 Å². The van der Waals surface area contributed by atoms with Crippen LogP contribution in [0.4, 0.5) is 0 Å². The van der Waals surface area contributed by atoms with Crippen LogP contribution < -0.4 is 5.73 Å². The minimum absolute atomic E-state index is 0.174. The molecule has 1 aliphatic rings. The van der Waals surface area contributed by atoms with Crippen molar-refractivity contribution in [3.05, 3.63) is 0 Å². The summed E-state index contributed by atoms with van der Waals surface area (Å²) in [7, 11) is 0. The summed E-state index contributed by atoms with van der Waals surface area (Å²) < 4.78 is 0. The number of rotatable bonds is 3. The second kappa shape index (κ2) is 4.22. The Morgan fingerprint density at radius 1 is 1.44 bits per heavy atom. The molecule has 16 heavy (non-hydrogen) atoms. The smallest absolute Gasteiger partial charge is 0.304 e. The van der Waals surface area contributed by atoms with Crippen molar-refractivity contribution in [1.29, 1.82) is 0 Å². The molecule has 0 aliphatic carbocycles. The first kappa shape index (κ1) is 13.8. The maximum atomic E-state index is 11.1. The van der Waals surface area contributed by atoms with E-state index >= 15 is 0 Å². The van der Waals surface area contributed by atoms with Gasteiger partial charge in [0, 0.05) is 16.7 Å². The highest BCUT2D eigenvalue weighted by Crippen LogP contribution is 2.51. The third-order valence-electron chi connectivity index (χ3n) is 3.54. The number of thioether (sulfide) groups is 1. The summed E-state index contributed by atoms with van der Waals surface area (Å²) in [6.45, 7) is 8.30. The predicted molar refractivity (Wildman–Crippen MR) is 68.7 cm³/mol. The molecule has 1 heterocycles. The molecule has 4 heteroatoms. The molecule has 0 aromatic rings. The van der Waals surface area contributed by atoms with Crippen molar-refractivity contribution in [1.82, 2.24) is 0 Å². The summed E-state index contributed by atoms with van der Waals surface area (Å²) in [6, 6.07) is 0. The Bertz CT molecular complexity index is 283. The molecule has 94 valence electrons. The largest absolute Gasteiger partial charge is 0.481 e. The van der Waals surface area contributed by atoms with Crippen LogP contribution in [0.5, 0.6) is 0 Å². The van der Waals surface area contributed by atoms with Crippen LogP contribution in [-0.4, -0.2) is 28.1 Å². The van der Waals surface area contributed by atoms with Crippen LogP contribution in [0.15, 0.2) is 0 Å². The fraction of sp³-hybridized carbons (Fsp3) is 0.917. The summed E-state index contributed by atoms with van der Waals surface area (Å²) in [6.07, 6.45) is 1.07. The summed E-state index contributed by atoms with van der Waals surface area (Å²) in [4.78, 5) is 11.1. The molecule has 1 atom stereocenters. The highest BCUT2D eigenvalue weighted by Gasteiger charge is 2.49. The van der Waals surface area contributed by atoms with Crippen molar-refractivity contribution in [2.75, 3.05) is 11.5 Å². The van der Waals surface area contributed by atoms with Gasteiger partial charge in [-0.25, -0.2) is 0 Å². The maximum absolute atomic E-state index is 11.1. The van der Waals surface area contributed by atoms with Gasteiger partial charge in [-0.1, -0.05) is 13.8 Å². The first-order valence-corrected chi connectivity index (χ1v) is 6.82. The van der Waals surface area contributed by atoms with Crippen LogP contribution >= 0.6 is 11.8 Å². The quantitative estimate of drug-likeness (QED) is 0.801. The molecule has 0 aromatic carbocycles. The van der Waals surface area contributed by atoms with Crippen molar-refractivity contribution in [2.45, 2.75) is 46.1 Å². The van der Waals surface area contributed by atoms with Gasteiger partial charge in [-0.15, -0.1) is 0 Å². The van der Waals surface area contributed by atoms with Crippen molar-refractivity contribution >= 4 is 17.7 Å². The van der Waals surface area contributed by atoms with Gasteiger partial charge < -0.3 is 10.8 Å². The zero-order valence-corrected chi connectivity index (χ0v) is 11.5. The van der Waals surface area contributed by atoms with Crippen molar-refractivity contribution in [3.8, 4) is 0 Å². The Hall–Kier alpha value is -0.220. The Balaban J connectivity index is 3.00. The van der Waals surface area contributed by atoms with Gasteiger partial charge in [0.15, 0.2) is 0 Å². The summed E-state index contributed by atoms with van der Waals surface area (Å²) >= 11 is 1.83. The van der Waals surface area contributed by atoms with Crippen LogP contribution in [0, 0.1) is 10.8 Å². The van der Waals surface area contributed by atoms with Gasteiger partial charge in [-0.2, -0.15) is 11.8 Å². The van der Waals surface area contributed by atoms with Gasteiger partial charge in [0.25, 0.3) is 0 Å². The number of hydrogen-bond donors (Lipinski definition) is 2. The Morgan fingerprint density at radius 3 is 2.38 bits per heavy atom. The van der Waals surface area contributed by atoms with Gasteiger partial charge in [0.1, 0.15) is 0 Å². The van der Waals surface area contributed by atoms with E-state index in [0.717, 1.165) is 17.9 Å². The normalized spacial score (nSPS) is 30.1. The lowest BCUT2D eigenvalue weighted by molar-refractivity contribution is -0.141. The molecule has 0 radical (unpaired) electrons. The lowest BCUT2D eigenvalue weighted by atomic mass is 9.63. The minimum Gasteiger partial charge on any atom is -0.481 e. The lowest BCUT2D eigenvalue weighted by Crippen LogP contribution is -2.57. The van der Waals surface area contributed by atoms with Gasteiger partial charge in [-0.05, 0) is 31.4 Å². The molecule has 0 spiro atoms. The zero-order chi connectivity index (χ0) is 12.6. The molecule has 1 aliphatic heterocycles. The fourth-order valence-corrected chi connectivity index (χ4v) is 4.31. The molecule has 0 aromatic heterocycles. The number of carbonyl (C=O) groups is 1. The monoisotopic (exact) mass is 245 g/mol. The molecule has 0 saturated carbocycles. The first-order valence-electron chi connectivity index (χ1n) is 5.67. The van der Waals surface area contributed by atoms with Gasteiger partial charge in [-0.3, -0.25) is 4.79 Å². The van der Waals surface area contributed by atoms with Gasteiger partial charge in [0.2, 0.25) is 0 Å². The molecule has 1 rings (SSSR count). The second-order valence-electron chi connectivity index (χ2n) is 6.41. The van der Waals surface area contributed by atoms with E-state index in [0.29, 0.717) is 0 Å². The maximum Gasteiger partial charge on any atom is 0.304 e. The molecular weight excluding hydrogens is 222 g/mol. The first-order chi connectivity index (χ1) is 7.08. The summed E-state index contributed by atoms with van der Waals surface area (Å²) in [5, 5.41) is 9.10. The van der Waals surface area contributed by atoms with Crippen LogP contribution in [0.1, 0.15) is 40.5 Å². The molecule has 3 N–H and O–H groups in total. The number of carboxylic acid groups (broad SMARTS) is 1. The molecule has 0 bridgehead atoms. The molecule has 1 fully saturated rings. The standard InChI is InChI=1S/C12H23NO2S/c1-10(2)6-12(5-9(14)15,8-16-7-10)11(3,4)13/h5-8,13H2,1-4H3,(H,14,15). The van der Waals surface area contributed by atoms with E-state index in [1.54, 1.807) is 0 Å². The SMILES string of the molecule is CC1(C)CSCC(CC(=O)O)(C(C)(C)N)C1. The number of carboxylic acids is 1. The molecule has 1 unspecified atom stereocenters. The molecule has 1 saturated heterocycles. The summed E-state index contributed by atoms with van der Waals surface area (Å²) in [5.74, 6) is 1.20. The molecule has 3 nitrogen and oxygen atoms in total. The van der Waals surface area contributed by atoms with E-state index < -0.39 is 11.5 Å². The van der Waals surface area contributed by atoms with E-state index in [2.05, 4.69) is 13.8 Å². The topological polar surface area (TPSA) is 63.3 Å². The second-order valence-corrected chi connectivity index (χ2v) is 7.39. The number of hydrogen-bond acceptors (Lipinski definition) is 3. The highest BCUT2D eigenvalue weighted by atomic mass is 32.2. The van der Waals surface area contributed by atoms with Crippen molar-refractivity contribution in [2.24, 2.45) is 16.6 Å². The van der Waals surface area contributed by atoms with Gasteiger partial charge >= 0.3 is 5.97 Å². The molecular formula is C12H23NO2S. The fourth-order valence-electron chi connectivity index (χ4n) is 2.59. The van der Waals surface area contributed by atoms with Crippen LogP contribution in [0.2, 0.25) is 0 Å². The lowest BCUT2D eigenvalue weighted by Gasteiger charge is -2.51. The number of nitrogens with two attached hydrogens (primary N) is 1. The van der Waals surface area contributed by atoms with E-state index in [9.17, 15) is 4.79 Å². The van der Waals surface area contributed by atoms with Crippen LogP contribution in [-0.2, 0) is 4.79 Å². The predicted octanol–water partition coefficient (Wildman–Crippen LogP) is 2.35. The summed E-state index contributed by atoms with van der Waals surface area (Å²) in [5.41, 5.74) is 5.68. The van der Waals surface area contributed by atoms with E-state index in [1.165, 1.54) is 0 Å². The Kier molecular flexibility index (Phi) is 3.65. The Morgan fingerprint density at radius 2 is 2.00 bits per heavy atom.